The van der Waals surface area contributed by atoms with Gasteiger partial charge < -0.3 is 4.90 Å². The van der Waals surface area contributed by atoms with Gasteiger partial charge in [-0.1, -0.05) is 84.4 Å². The molecule has 0 N–H and O–H groups in total. The van der Waals surface area contributed by atoms with Crippen LogP contribution < -0.4 is 0 Å². The summed E-state index contributed by atoms with van der Waals surface area (Å²) < 4.78 is 0. The Bertz CT molecular complexity index is 891. The van der Waals surface area contributed by atoms with Crippen LogP contribution in [0.25, 0.3) is 0 Å². The van der Waals surface area contributed by atoms with Gasteiger partial charge in [-0.25, -0.2) is 0 Å². The van der Waals surface area contributed by atoms with Crippen molar-refractivity contribution < 1.29 is 0 Å². The molecule has 1 aliphatic heterocycles. The van der Waals surface area contributed by atoms with E-state index in [1.54, 1.807) is 0 Å². The molecule has 0 saturated carbocycles. The highest BCUT2D eigenvalue weighted by atomic mass is 35.5. The molecule has 0 saturated heterocycles. The summed E-state index contributed by atoms with van der Waals surface area (Å²) in [5, 5.41) is 0.778. The van der Waals surface area contributed by atoms with Crippen molar-refractivity contribution in [1.82, 2.24) is 4.90 Å². The second-order valence-electron chi connectivity index (χ2n) is 7.10. The molecule has 3 aromatic rings. The Morgan fingerprint density at radius 1 is 0.852 bits per heavy atom. The Morgan fingerprint density at radius 2 is 1.44 bits per heavy atom. The van der Waals surface area contributed by atoms with Gasteiger partial charge in [0.25, 0.3) is 0 Å². The average molecular weight is 375 g/mol. The second kappa shape index (κ2) is 7.98. The van der Waals surface area contributed by atoms with E-state index < -0.39 is 0 Å². The van der Waals surface area contributed by atoms with E-state index in [2.05, 4.69) is 84.6 Å². The van der Waals surface area contributed by atoms with E-state index in [0.29, 0.717) is 6.04 Å². The standard InChI is InChI=1S/C24H23ClN2/c1-18(16-19-12-14-22(25)15-13-19)27-17-26-23(20-8-4-2-5-9-20)24(27)21-10-6-3-7-11-21/h2-15,17-18,23-24H,16H2,1H3. The lowest BCUT2D eigenvalue weighted by Gasteiger charge is -2.33. The van der Waals surface area contributed by atoms with Gasteiger partial charge in [-0.2, -0.15) is 0 Å². The van der Waals surface area contributed by atoms with Crippen LogP contribution >= 0.6 is 11.6 Å². The molecule has 3 atom stereocenters. The van der Waals surface area contributed by atoms with Crippen molar-refractivity contribution in [2.45, 2.75) is 31.5 Å². The van der Waals surface area contributed by atoms with Crippen molar-refractivity contribution in [2.75, 3.05) is 0 Å². The van der Waals surface area contributed by atoms with E-state index in [0.717, 1.165) is 11.4 Å². The van der Waals surface area contributed by atoms with Crippen LogP contribution in [0.2, 0.25) is 5.02 Å². The molecule has 3 heteroatoms. The first kappa shape index (κ1) is 17.8. The molecule has 3 aromatic carbocycles. The molecule has 0 bridgehead atoms. The van der Waals surface area contributed by atoms with Gasteiger partial charge in [0.15, 0.2) is 0 Å². The highest BCUT2D eigenvalue weighted by Gasteiger charge is 2.35. The number of rotatable bonds is 5. The lowest BCUT2D eigenvalue weighted by molar-refractivity contribution is 0.253. The van der Waals surface area contributed by atoms with Gasteiger partial charge in [0.2, 0.25) is 0 Å². The fourth-order valence-electron chi connectivity index (χ4n) is 3.84. The predicted molar refractivity (Wildman–Crippen MR) is 113 cm³/mol. The molecule has 3 unspecified atom stereocenters. The van der Waals surface area contributed by atoms with E-state index >= 15 is 0 Å². The van der Waals surface area contributed by atoms with Crippen LogP contribution in [-0.2, 0) is 6.42 Å². The third kappa shape index (κ3) is 3.91. The SMILES string of the molecule is CC(Cc1ccc(Cl)cc1)N1C=NC(c2ccccc2)C1c1ccccc1. The maximum atomic E-state index is 6.03. The minimum Gasteiger partial charge on any atom is -0.350 e. The molecule has 0 amide bonds. The maximum Gasteiger partial charge on any atom is 0.101 e. The van der Waals surface area contributed by atoms with Gasteiger partial charge in [-0.3, -0.25) is 4.99 Å². The third-order valence-electron chi connectivity index (χ3n) is 5.22. The van der Waals surface area contributed by atoms with Crippen LogP contribution in [-0.4, -0.2) is 17.3 Å². The van der Waals surface area contributed by atoms with E-state index in [1.807, 2.05) is 18.5 Å². The summed E-state index contributed by atoms with van der Waals surface area (Å²) in [6, 6.07) is 30.1. The second-order valence-corrected chi connectivity index (χ2v) is 7.54. The number of benzene rings is 3. The van der Waals surface area contributed by atoms with Crippen LogP contribution in [0.1, 0.15) is 35.7 Å². The molecule has 27 heavy (non-hydrogen) atoms. The monoisotopic (exact) mass is 374 g/mol. The van der Waals surface area contributed by atoms with Gasteiger partial charge in [-0.15, -0.1) is 0 Å². The summed E-state index contributed by atoms with van der Waals surface area (Å²) in [6.45, 7) is 2.27. The number of hydrogen-bond acceptors (Lipinski definition) is 2. The van der Waals surface area contributed by atoms with Crippen LogP contribution in [0, 0.1) is 0 Å². The molecular formula is C24H23ClN2. The number of aliphatic imine (C=N–C) groups is 1. The third-order valence-corrected chi connectivity index (χ3v) is 5.47. The topological polar surface area (TPSA) is 15.6 Å². The van der Waals surface area contributed by atoms with Crippen LogP contribution in [0.4, 0.5) is 0 Å². The fourth-order valence-corrected chi connectivity index (χ4v) is 3.97. The summed E-state index contributed by atoms with van der Waals surface area (Å²) in [5.41, 5.74) is 3.84. The van der Waals surface area contributed by atoms with Crippen LogP contribution in [0.15, 0.2) is 89.9 Å². The van der Waals surface area contributed by atoms with Crippen molar-refractivity contribution in [1.29, 1.82) is 0 Å². The molecule has 0 aromatic heterocycles. The average Bonchev–Trinajstić information content (AvgIpc) is 3.16. The van der Waals surface area contributed by atoms with Gasteiger partial charge in [-0.05, 0) is 42.2 Å². The quantitative estimate of drug-likeness (QED) is 0.527. The molecule has 0 radical (unpaired) electrons. The molecule has 1 heterocycles. The first-order valence-electron chi connectivity index (χ1n) is 9.37. The van der Waals surface area contributed by atoms with Gasteiger partial charge >= 0.3 is 0 Å². The van der Waals surface area contributed by atoms with Crippen molar-refractivity contribution in [3.05, 3.63) is 107 Å². The fraction of sp³-hybridized carbons (Fsp3) is 0.208. The first-order valence-corrected chi connectivity index (χ1v) is 9.75. The van der Waals surface area contributed by atoms with E-state index in [-0.39, 0.29) is 12.1 Å². The number of hydrogen-bond donors (Lipinski definition) is 0. The van der Waals surface area contributed by atoms with Crippen molar-refractivity contribution >= 4 is 17.9 Å². The highest BCUT2D eigenvalue weighted by molar-refractivity contribution is 6.30. The van der Waals surface area contributed by atoms with Crippen molar-refractivity contribution in [3.63, 3.8) is 0 Å². The zero-order valence-electron chi connectivity index (χ0n) is 15.4. The smallest absolute Gasteiger partial charge is 0.101 e. The predicted octanol–water partition coefficient (Wildman–Crippen LogP) is 6.10. The lowest BCUT2D eigenvalue weighted by Crippen LogP contribution is -2.35. The Balaban J connectivity index is 1.62. The largest absolute Gasteiger partial charge is 0.350 e. The Morgan fingerprint density at radius 3 is 2.07 bits per heavy atom. The molecule has 0 aliphatic carbocycles. The van der Waals surface area contributed by atoms with E-state index in [4.69, 9.17) is 16.6 Å². The van der Waals surface area contributed by atoms with Crippen molar-refractivity contribution in [2.24, 2.45) is 4.99 Å². The summed E-state index contributed by atoms with van der Waals surface area (Å²) >= 11 is 6.03. The summed E-state index contributed by atoms with van der Waals surface area (Å²) in [5.74, 6) is 0. The summed E-state index contributed by atoms with van der Waals surface area (Å²) in [6.07, 6.45) is 2.99. The Kier molecular flexibility index (Phi) is 5.26. The van der Waals surface area contributed by atoms with Crippen LogP contribution in [0.5, 0.6) is 0 Å². The van der Waals surface area contributed by atoms with Gasteiger partial charge in [0.05, 0.1) is 12.4 Å². The van der Waals surface area contributed by atoms with Gasteiger partial charge in [0.1, 0.15) is 6.04 Å². The molecule has 2 nitrogen and oxygen atoms in total. The zero-order valence-corrected chi connectivity index (χ0v) is 16.1. The van der Waals surface area contributed by atoms with Crippen molar-refractivity contribution in [3.8, 4) is 0 Å². The molecule has 1 aliphatic rings. The Hall–Kier alpha value is -2.58. The molecule has 0 spiro atoms. The number of halogens is 1. The number of nitrogens with zero attached hydrogens (tertiary/aromatic N) is 2. The first-order chi connectivity index (χ1) is 13.2. The highest BCUT2D eigenvalue weighted by Crippen LogP contribution is 2.41. The minimum absolute atomic E-state index is 0.112. The minimum atomic E-state index is 0.112. The molecule has 0 fully saturated rings. The molecule has 136 valence electrons. The summed E-state index contributed by atoms with van der Waals surface area (Å²) in [7, 11) is 0. The summed E-state index contributed by atoms with van der Waals surface area (Å²) in [4.78, 5) is 7.31. The maximum absolute atomic E-state index is 6.03. The van der Waals surface area contributed by atoms with Crippen LogP contribution in [0.3, 0.4) is 0 Å². The Labute approximate surface area is 166 Å². The molecular weight excluding hydrogens is 352 g/mol. The lowest BCUT2D eigenvalue weighted by atomic mass is 9.92. The van der Waals surface area contributed by atoms with E-state index in [1.165, 1.54) is 16.7 Å². The van der Waals surface area contributed by atoms with E-state index in [9.17, 15) is 0 Å². The normalized spacial score (nSPS) is 20.0. The zero-order chi connectivity index (χ0) is 18.6. The van der Waals surface area contributed by atoms with Gasteiger partial charge in [0, 0.05) is 11.1 Å². The molecule has 4 rings (SSSR count).